The smallest absolute Gasteiger partial charge is 0.352 e. The number of benzene rings is 1. The summed E-state index contributed by atoms with van der Waals surface area (Å²) in [5, 5.41) is 13.2. The second-order valence-corrected chi connectivity index (χ2v) is 7.23. The van der Waals surface area contributed by atoms with E-state index in [1.54, 1.807) is 24.3 Å². The van der Waals surface area contributed by atoms with Crippen molar-refractivity contribution in [2.45, 2.75) is 25.0 Å². The number of rotatable bonds is 3. The number of anilines is 1. The van der Waals surface area contributed by atoms with Gasteiger partial charge in [-0.05, 0) is 42.9 Å². The molecule has 1 aromatic heterocycles. The van der Waals surface area contributed by atoms with E-state index < -0.39 is 5.97 Å². The van der Waals surface area contributed by atoms with E-state index in [0.717, 1.165) is 29.5 Å². The van der Waals surface area contributed by atoms with Gasteiger partial charge in [0, 0.05) is 27.8 Å². The Balaban J connectivity index is 1.75. The van der Waals surface area contributed by atoms with Gasteiger partial charge in [-0.1, -0.05) is 6.92 Å². The molecule has 0 radical (unpaired) electrons. The van der Waals surface area contributed by atoms with Gasteiger partial charge in [-0.3, -0.25) is 4.79 Å². The largest absolute Gasteiger partial charge is 0.477 e. The van der Waals surface area contributed by atoms with E-state index in [0.29, 0.717) is 10.9 Å². The summed E-state index contributed by atoms with van der Waals surface area (Å²) in [6, 6.07) is 6.96. The number of nitrogens with one attached hydrogen (secondary N) is 2. The van der Waals surface area contributed by atoms with Crippen LogP contribution in [0.3, 0.4) is 0 Å². The van der Waals surface area contributed by atoms with Crippen LogP contribution in [0.25, 0.3) is 10.9 Å². The molecule has 3 N–H and O–H groups in total. The van der Waals surface area contributed by atoms with Crippen molar-refractivity contribution in [1.82, 2.24) is 4.98 Å². The van der Waals surface area contributed by atoms with Crippen molar-refractivity contribution in [3.05, 3.63) is 30.0 Å². The van der Waals surface area contributed by atoms with Crippen LogP contribution in [0.15, 0.2) is 24.3 Å². The van der Waals surface area contributed by atoms with Crippen LogP contribution in [-0.2, 0) is 4.79 Å². The first-order chi connectivity index (χ1) is 10.5. The van der Waals surface area contributed by atoms with Crippen molar-refractivity contribution < 1.29 is 14.7 Å². The van der Waals surface area contributed by atoms with Crippen LogP contribution in [0.2, 0.25) is 0 Å². The first kappa shape index (κ1) is 15.0. The Labute approximate surface area is 132 Å². The third kappa shape index (κ3) is 3.11. The highest BCUT2D eigenvalue weighted by molar-refractivity contribution is 7.99. The highest BCUT2D eigenvalue weighted by Gasteiger charge is 2.25. The Morgan fingerprint density at radius 3 is 2.91 bits per heavy atom. The molecule has 1 aromatic carbocycles. The SMILES string of the molecule is CC1CC(C(=O)Nc2ccc3[nH]c(C(=O)O)cc3c2)CCS1. The summed E-state index contributed by atoms with van der Waals surface area (Å²) < 4.78 is 0. The lowest BCUT2D eigenvalue weighted by Crippen LogP contribution is -2.28. The molecule has 2 heterocycles. The van der Waals surface area contributed by atoms with Gasteiger partial charge < -0.3 is 15.4 Å². The third-order valence-electron chi connectivity index (χ3n) is 3.97. The van der Waals surface area contributed by atoms with Crippen LogP contribution >= 0.6 is 11.8 Å². The van der Waals surface area contributed by atoms with Crippen LogP contribution in [0, 0.1) is 5.92 Å². The zero-order chi connectivity index (χ0) is 15.7. The molecule has 1 aliphatic rings. The summed E-state index contributed by atoms with van der Waals surface area (Å²) in [5.41, 5.74) is 1.61. The maximum Gasteiger partial charge on any atom is 0.352 e. The predicted octanol–water partition coefficient (Wildman–Crippen LogP) is 3.34. The molecule has 1 aliphatic heterocycles. The molecular formula is C16H18N2O3S. The molecule has 2 aromatic rings. The van der Waals surface area contributed by atoms with Crippen molar-refractivity contribution in [3.8, 4) is 0 Å². The lowest BCUT2D eigenvalue weighted by molar-refractivity contribution is -0.120. The van der Waals surface area contributed by atoms with E-state index in [9.17, 15) is 9.59 Å². The quantitative estimate of drug-likeness (QED) is 0.810. The minimum atomic E-state index is -0.990. The molecule has 3 rings (SSSR count). The number of amides is 1. The van der Waals surface area contributed by atoms with Crippen molar-refractivity contribution in [3.63, 3.8) is 0 Å². The number of carbonyl (C=O) groups is 2. The number of carboxylic acids is 1. The van der Waals surface area contributed by atoms with Gasteiger partial charge >= 0.3 is 5.97 Å². The van der Waals surface area contributed by atoms with E-state index in [-0.39, 0.29) is 17.5 Å². The number of fused-ring (bicyclic) bond motifs is 1. The van der Waals surface area contributed by atoms with Gasteiger partial charge in [-0.15, -0.1) is 0 Å². The zero-order valence-corrected chi connectivity index (χ0v) is 13.1. The van der Waals surface area contributed by atoms with Gasteiger partial charge in [0.15, 0.2) is 0 Å². The van der Waals surface area contributed by atoms with Crippen LogP contribution < -0.4 is 5.32 Å². The average Bonchev–Trinajstić information content (AvgIpc) is 2.90. The Morgan fingerprint density at radius 1 is 1.36 bits per heavy atom. The molecule has 1 amide bonds. The Morgan fingerprint density at radius 2 is 2.18 bits per heavy atom. The molecule has 6 heteroatoms. The predicted molar refractivity (Wildman–Crippen MR) is 88.5 cm³/mol. The number of carbonyl (C=O) groups excluding carboxylic acids is 1. The summed E-state index contributed by atoms with van der Waals surface area (Å²) in [5.74, 6) is 0.154. The third-order valence-corrected chi connectivity index (χ3v) is 5.21. The number of aromatic amines is 1. The molecule has 0 aliphatic carbocycles. The van der Waals surface area contributed by atoms with Crippen LogP contribution in [0.4, 0.5) is 5.69 Å². The number of carboxylic acid groups (broad SMARTS) is 1. The fourth-order valence-electron chi connectivity index (χ4n) is 2.81. The molecule has 22 heavy (non-hydrogen) atoms. The number of thioether (sulfide) groups is 1. The summed E-state index contributed by atoms with van der Waals surface area (Å²) in [6.45, 7) is 2.16. The number of hydrogen-bond acceptors (Lipinski definition) is 3. The van der Waals surface area contributed by atoms with Crippen LogP contribution in [-0.4, -0.2) is 33.0 Å². The topological polar surface area (TPSA) is 82.2 Å². The standard InChI is InChI=1S/C16H18N2O3S/c1-9-6-10(4-5-22-9)15(19)17-12-2-3-13-11(7-12)8-14(18-13)16(20)21/h2-3,7-10,18H,4-6H2,1H3,(H,17,19)(H,20,21). The van der Waals surface area contributed by atoms with Gasteiger partial charge in [0.1, 0.15) is 5.69 Å². The second kappa shape index (κ2) is 6.04. The molecule has 1 fully saturated rings. The van der Waals surface area contributed by atoms with E-state index in [1.165, 1.54) is 0 Å². The molecular weight excluding hydrogens is 300 g/mol. The Hall–Kier alpha value is -1.95. The second-order valence-electron chi connectivity index (χ2n) is 5.68. The van der Waals surface area contributed by atoms with Crippen molar-refractivity contribution >= 4 is 40.2 Å². The summed E-state index contributed by atoms with van der Waals surface area (Å²) in [6.07, 6.45) is 1.82. The molecule has 0 bridgehead atoms. The molecule has 1 saturated heterocycles. The van der Waals surface area contributed by atoms with E-state index in [2.05, 4.69) is 17.2 Å². The number of aromatic nitrogens is 1. The Kier molecular flexibility index (Phi) is 4.11. The molecule has 5 nitrogen and oxygen atoms in total. The van der Waals surface area contributed by atoms with E-state index in [1.807, 2.05) is 11.8 Å². The number of aromatic carboxylic acids is 1. The van der Waals surface area contributed by atoms with E-state index in [4.69, 9.17) is 5.11 Å². The molecule has 0 saturated carbocycles. The van der Waals surface area contributed by atoms with Crippen LogP contribution in [0.5, 0.6) is 0 Å². The maximum atomic E-state index is 12.3. The minimum Gasteiger partial charge on any atom is -0.477 e. The van der Waals surface area contributed by atoms with Crippen molar-refractivity contribution in [2.24, 2.45) is 5.92 Å². The van der Waals surface area contributed by atoms with Gasteiger partial charge in [-0.25, -0.2) is 4.79 Å². The lowest BCUT2D eigenvalue weighted by atomic mass is 9.99. The van der Waals surface area contributed by atoms with Gasteiger partial charge in [-0.2, -0.15) is 11.8 Å². The highest BCUT2D eigenvalue weighted by Crippen LogP contribution is 2.30. The van der Waals surface area contributed by atoms with Crippen molar-refractivity contribution in [2.75, 3.05) is 11.1 Å². The van der Waals surface area contributed by atoms with E-state index >= 15 is 0 Å². The monoisotopic (exact) mass is 318 g/mol. The van der Waals surface area contributed by atoms with Crippen molar-refractivity contribution in [1.29, 1.82) is 0 Å². The first-order valence-corrected chi connectivity index (χ1v) is 8.36. The fraction of sp³-hybridized carbons (Fsp3) is 0.375. The molecule has 2 unspecified atom stereocenters. The van der Waals surface area contributed by atoms with Gasteiger partial charge in [0.05, 0.1) is 0 Å². The lowest BCUT2D eigenvalue weighted by Gasteiger charge is -2.25. The van der Waals surface area contributed by atoms with Crippen LogP contribution in [0.1, 0.15) is 30.3 Å². The highest BCUT2D eigenvalue weighted by atomic mass is 32.2. The average molecular weight is 318 g/mol. The number of hydrogen-bond donors (Lipinski definition) is 3. The fourth-order valence-corrected chi connectivity index (χ4v) is 4.00. The van der Waals surface area contributed by atoms with Gasteiger partial charge in [0.25, 0.3) is 0 Å². The Bertz CT molecular complexity index is 725. The van der Waals surface area contributed by atoms with Gasteiger partial charge in [0.2, 0.25) is 5.91 Å². The molecule has 0 spiro atoms. The minimum absolute atomic E-state index is 0.0560. The molecule has 116 valence electrons. The maximum absolute atomic E-state index is 12.3. The summed E-state index contributed by atoms with van der Waals surface area (Å²) >= 11 is 1.91. The summed E-state index contributed by atoms with van der Waals surface area (Å²) in [7, 11) is 0. The molecule has 2 atom stereocenters. The summed E-state index contributed by atoms with van der Waals surface area (Å²) in [4.78, 5) is 26.1. The normalized spacial score (nSPS) is 21.7. The number of H-pyrrole nitrogens is 1. The first-order valence-electron chi connectivity index (χ1n) is 7.31. The zero-order valence-electron chi connectivity index (χ0n) is 12.3.